The molecule has 136 valence electrons. The summed E-state index contributed by atoms with van der Waals surface area (Å²) in [6.45, 7) is 1.12. The van der Waals surface area contributed by atoms with Crippen LogP contribution in [0, 0.1) is 16.0 Å². The molecule has 1 aromatic carbocycles. The monoisotopic (exact) mass is 373 g/mol. The van der Waals surface area contributed by atoms with Crippen LogP contribution in [0.1, 0.15) is 28.1 Å². The van der Waals surface area contributed by atoms with E-state index in [9.17, 15) is 19.7 Å². The van der Waals surface area contributed by atoms with Crippen molar-refractivity contribution in [3.63, 3.8) is 0 Å². The Kier molecular flexibility index (Phi) is 5.62. The van der Waals surface area contributed by atoms with E-state index in [4.69, 9.17) is 0 Å². The number of nitro benzene ring substituents is 1. The number of hydrogen-bond donors (Lipinski definition) is 1. The average Bonchev–Trinajstić information content (AvgIpc) is 3.20. The first-order chi connectivity index (χ1) is 12.6. The zero-order valence-electron chi connectivity index (χ0n) is 14.1. The van der Waals surface area contributed by atoms with E-state index in [1.807, 2.05) is 11.4 Å². The second-order valence-electron chi connectivity index (χ2n) is 6.17. The molecular formula is C18H19N3O4S. The van der Waals surface area contributed by atoms with Gasteiger partial charge in [-0.1, -0.05) is 24.3 Å². The summed E-state index contributed by atoms with van der Waals surface area (Å²) < 4.78 is 0. The van der Waals surface area contributed by atoms with E-state index in [1.54, 1.807) is 29.2 Å². The molecule has 1 fully saturated rings. The third-order valence-corrected chi connectivity index (χ3v) is 5.31. The fraction of sp³-hybridized carbons (Fsp3) is 0.333. The van der Waals surface area contributed by atoms with Crippen LogP contribution in [0.25, 0.3) is 0 Å². The molecule has 0 spiro atoms. The van der Waals surface area contributed by atoms with Crippen LogP contribution in [0.4, 0.5) is 5.69 Å². The third kappa shape index (κ3) is 4.08. The molecule has 1 aliphatic rings. The molecule has 1 unspecified atom stereocenters. The van der Waals surface area contributed by atoms with Crippen LogP contribution in [0.2, 0.25) is 0 Å². The predicted molar refractivity (Wildman–Crippen MR) is 97.9 cm³/mol. The maximum absolute atomic E-state index is 12.5. The Morgan fingerprint density at radius 3 is 2.81 bits per heavy atom. The molecule has 1 atom stereocenters. The van der Waals surface area contributed by atoms with Gasteiger partial charge in [0.05, 0.1) is 15.7 Å². The van der Waals surface area contributed by atoms with Crippen molar-refractivity contribution < 1.29 is 14.5 Å². The first kappa shape index (κ1) is 18.1. The lowest BCUT2D eigenvalue weighted by Crippen LogP contribution is -2.45. The summed E-state index contributed by atoms with van der Waals surface area (Å²) in [6.07, 6.45) is 1.47. The first-order valence-electron chi connectivity index (χ1n) is 8.39. The lowest BCUT2D eigenvalue weighted by atomic mass is 9.97. The smallest absolute Gasteiger partial charge is 0.274 e. The second kappa shape index (κ2) is 8.09. The number of likely N-dealkylation sites (tertiary alicyclic amines) is 1. The zero-order valence-corrected chi connectivity index (χ0v) is 14.9. The summed E-state index contributed by atoms with van der Waals surface area (Å²) in [5.41, 5.74) is 0.458. The van der Waals surface area contributed by atoms with Gasteiger partial charge < -0.3 is 10.2 Å². The Balaban J connectivity index is 1.60. The number of nitrogens with one attached hydrogen (secondary N) is 1. The summed E-state index contributed by atoms with van der Waals surface area (Å²) in [5, 5.41) is 15.7. The van der Waals surface area contributed by atoms with E-state index < -0.39 is 4.92 Å². The number of rotatable bonds is 5. The molecule has 7 nitrogen and oxygen atoms in total. The average molecular weight is 373 g/mol. The molecule has 0 radical (unpaired) electrons. The number of thiophene rings is 1. The van der Waals surface area contributed by atoms with Gasteiger partial charge in [-0.25, -0.2) is 0 Å². The minimum Gasteiger partial charge on any atom is -0.351 e. The Labute approximate surface area is 154 Å². The van der Waals surface area contributed by atoms with E-state index in [0.29, 0.717) is 30.0 Å². The van der Waals surface area contributed by atoms with Gasteiger partial charge in [-0.05, 0) is 24.3 Å². The Hall–Kier alpha value is -2.74. The molecule has 0 saturated carbocycles. The maximum Gasteiger partial charge on any atom is 0.274 e. The minimum absolute atomic E-state index is 0.00839. The van der Waals surface area contributed by atoms with Crippen molar-refractivity contribution in [2.24, 2.45) is 5.92 Å². The molecule has 1 saturated heterocycles. The van der Waals surface area contributed by atoms with E-state index in [2.05, 4.69) is 5.32 Å². The van der Waals surface area contributed by atoms with Gasteiger partial charge in [0.25, 0.3) is 11.6 Å². The molecular weight excluding hydrogens is 354 g/mol. The Morgan fingerprint density at radius 2 is 2.08 bits per heavy atom. The molecule has 0 aliphatic carbocycles. The van der Waals surface area contributed by atoms with Crippen molar-refractivity contribution in [3.8, 4) is 0 Å². The number of benzene rings is 1. The summed E-state index contributed by atoms with van der Waals surface area (Å²) >= 11 is 1.39. The topological polar surface area (TPSA) is 92.5 Å². The van der Waals surface area contributed by atoms with E-state index in [0.717, 1.165) is 6.42 Å². The molecule has 8 heteroatoms. The van der Waals surface area contributed by atoms with Gasteiger partial charge in [0.2, 0.25) is 5.91 Å². The molecule has 2 aromatic rings. The number of hydrogen-bond acceptors (Lipinski definition) is 5. The predicted octanol–water partition coefficient (Wildman–Crippen LogP) is 2.82. The molecule has 1 aromatic heterocycles. The number of nitro groups is 1. The van der Waals surface area contributed by atoms with Crippen molar-refractivity contribution >= 4 is 28.8 Å². The fourth-order valence-electron chi connectivity index (χ4n) is 3.10. The van der Waals surface area contributed by atoms with Crippen molar-refractivity contribution in [3.05, 3.63) is 62.3 Å². The summed E-state index contributed by atoms with van der Waals surface area (Å²) in [6, 6.07) is 9.97. The van der Waals surface area contributed by atoms with Crippen LogP contribution >= 0.6 is 11.3 Å². The van der Waals surface area contributed by atoms with Crippen LogP contribution < -0.4 is 5.32 Å². The van der Waals surface area contributed by atoms with Gasteiger partial charge in [-0.2, -0.15) is 0 Å². The van der Waals surface area contributed by atoms with E-state index >= 15 is 0 Å². The van der Waals surface area contributed by atoms with Crippen molar-refractivity contribution in [2.75, 3.05) is 13.1 Å². The maximum atomic E-state index is 12.5. The van der Waals surface area contributed by atoms with Crippen LogP contribution in [-0.4, -0.2) is 34.7 Å². The highest BCUT2D eigenvalue weighted by atomic mass is 32.1. The molecule has 3 rings (SSSR count). The molecule has 2 amide bonds. The van der Waals surface area contributed by atoms with Gasteiger partial charge in [0.15, 0.2) is 0 Å². The molecule has 2 heterocycles. The number of carbonyl (C=O) groups excluding carboxylic acids is 2. The van der Waals surface area contributed by atoms with Gasteiger partial charge in [-0.15, -0.1) is 11.3 Å². The highest BCUT2D eigenvalue weighted by molar-refractivity contribution is 7.12. The standard InChI is InChI=1S/C18H19N3O4S/c22-17(19-11-13-5-1-2-7-15(13)21(24)25)14-6-3-9-20(12-14)18(23)16-8-4-10-26-16/h1-2,4-5,7-8,10,14H,3,6,9,11-12H2,(H,19,22). The quantitative estimate of drug-likeness (QED) is 0.644. The largest absolute Gasteiger partial charge is 0.351 e. The Morgan fingerprint density at radius 1 is 1.27 bits per heavy atom. The second-order valence-corrected chi connectivity index (χ2v) is 7.12. The highest BCUT2D eigenvalue weighted by Gasteiger charge is 2.29. The van der Waals surface area contributed by atoms with Crippen LogP contribution in [-0.2, 0) is 11.3 Å². The highest BCUT2D eigenvalue weighted by Crippen LogP contribution is 2.22. The normalized spacial score (nSPS) is 16.9. The third-order valence-electron chi connectivity index (χ3n) is 4.45. The fourth-order valence-corrected chi connectivity index (χ4v) is 3.79. The molecule has 1 N–H and O–H groups in total. The van der Waals surface area contributed by atoms with Crippen LogP contribution in [0.15, 0.2) is 41.8 Å². The van der Waals surface area contributed by atoms with Crippen molar-refractivity contribution in [2.45, 2.75) is 19.4 Å². The van der Waals surface area contributed by atoms with Gasteiger partial charge in [-0.3, -0.25) is 19.7 Å². The molecule has 0 bridgehead atoms. The van der Waals surface area contributed by atoms with Gasteiger partial charge in [0, 0.05) is 31.3 Å². The van der Waals surface area contributed by atoms with Crippen molar-refractivity contribution in [1.29, 1.82) is 0 Å². The number of para-hydroxylation sites is 1. The number of amides is 2. The van der Waals surface area contributed by atoms with E-state index in [1.165, 1.54) is 17.4 Å². The first-order valence-corrected chi connectivity index (χ1v) is 9.27. The van der Waals surface area contributed by atoms with Gasteiger partial charge in [0.1, 0.15) is 0 Å². The minimum atomic E-state index is -0.455. The summed E-state index contributed by atoms with van der Waals surface area (Å²) in [7, 11) is 0. The summed E-state index contributed by atoms with van der Waals surface area (Å²) in [4.78, 5) is 37.9. The molecule has 1 aliphatic heterocycles. The lowest BCUT2D eigenvalue weighted by Gasteiger charge is -2.31. The number of carbonyl (C=O) groups is 2. The lowest BCUT2D eigenvalue weighted by molar-refractivity contribution is -0.385. The molecule has 26 heavy (non-hydrogen) atoms. The van der Waals surface area contributed by atoms with E-state index in [-0.39, 0.29) is 30.0 Å². The van der Waals surface area contributed by atoms with Crippen LogP contribution in [0.5, 0.6) is 0 Å². The Bertz CT molecular complexity index is 807. The van der Waals surface area contributed by atoms with Crippen molar-refractivity contribution in [1.82, 2.24) is 10.2 Å². The number of piperidine rings is 1. The SMILES string of the molecule is O=C(NCc1ccccc1[N+](=O)[O-])C1CCCN(C(=O)c2cccs2)C1. The van der Waals surface area contributed by atoms with Crippen LogP contribution in [0.3, 0.4) is 0 Å². The summed E-state index contributed by atoms with van der Waals surface area (Å²) in [5.74, 6) is -0.515. The zero-order chi connectivity index (χ0) is 18.5. The number of nitrogens with zero attached hydrogens (tertiary/aromatic N) is 2. The van der Waals surface area contributed by atoms with Gasteiger partial charge >= 0.3 is 0 Å².